The highest BCUT2D eigenvalue weighted by Crippen LogP contribution is 2.34. The van der Waals surface area contributed by atoms with Crippen LogP contribution in [0.5, 0.6) is 0 Å². The number of carbonyl (C=O) groups excluding carboxylic acids is 1. The van der Waals surface area contributed by atoms with Gasteiger partial charge in [0.25, 0.3) is 11.7 Å². The lowest BCUT2D eigenvalue weighted by Crippen LogP contribution is -2.26. The minimum atomic E-state index is -0.233. The number of nitrogens with zero attached hydrogens (tertiary/aromatic N) is 5. The van der Waals surface area contributed by atoms with Crippen molar-refractivity contribution in [3.63, 3.8) is 0 Å². The van der Waals surface area contributed by atoms with Gasteiger partial charge in [-0.15, -0.1) is 11.3 Å². The molecule has 2 aliphatic rings. The fourth-order valence-electron chi connectivity index (χ4n) is 3.45. The van der Waals surface area contributed by atoms with Gasteiger partial charge in [-0.05, 0) is 46.1 Å². The predicted octanol–water partition coefficient (Wildman–Crippen LogP) is 2.60. The van der Waals surface area contributed by atoms with Crippen molar-refractivity contribution in [1.29, 1.82) is 0 Å². The van der Waals surface area contributed by atoms with E-state index in [1.165, 1.54) is 4.88 Å². The van der Waals surface area contributed by atoms with E-state index < -0.39 is 0 Å². The highest BCUT2D eigenvalue weighted by molar-refractivity contribution is 7.15. The second kappa shape index (κ2) is 7.93. The Morgan fingerprint density at radius 1 is 1.37 bits per heavy atom. The van der Waals surface area contributed by atoms with Crippen molar-refractivity contribution in [2.75, 3.05) is 24.5 Å². The molecule has 1 atom stereocenters. The van der Waals surface area contributed by atoms with E-state index in [0.717, 1.165) is 57.0 Å². The summed E-state index contributed by atoms with van der Waals surface area (Å²) >= 11 is 1.74. The third kappa shape index (κ3) is 4.14. The minimum Gasteiger partial charge on any atom is -0.349 e. The Balaban J connectivity index is 1.42. The van der Waals surface area contributed by atoms with E-state index in [4.69, 9.17) is 4.52 Å². The molecule has 9 heteroatoms. The van der Waals surface area contributed by atoms with Crippen LogP contribution in [0, 0.1) is 0 Å². The zero-order valence-electron chi connectivity index (χ0n) is 15.8. The van der Waals surface area contributed by atoms with E-state index in [-0.39, 0.29) is 23.8 Å². The van der Waals surface area contributed by atoms with Gasteiger partial charge in [0.2, 0.25) is 5.89 Å². The second-order valence-corrected chi connectivity index (χ2v) is 8.21. The molecule has 1 saturated carbocycles. The number of hydrogen-bond donors (Lipinski definition) is 1. The second-order valence-electron chi connectivity index (χ2n) is 7.11. The molecule has 1 unspecified atom stereocenters. The topological polar surface area (TPSA) is 87.4 Å². The maximum atomic E-state index is 12.1. The number of aromatic nitrogens is 3. The normalized spacial score (nSPS) is 20.1. The summed E-state index contributed by atoms with van der Waals surface area (Å²) in [5, 5.41) is 7.86. The van der Waals surface area contributed by atoms with Crippen LogP contribution < -0.4 is 10.2 Å². The quantitative estimate of drug-likeness (QED) is 0.741. The average molecular weight is 391 g/mol. The predicted molar refractivity (Wildman–Crippen MR) is 103 cm³/mol. The van der Waals surface area contributed by atoms with E-state index in [1.54, 1.807) is 11.3 Å². The molecule has 27 heavy (non-hydrogen) atoms. The first-order chi connectivity index (χ1) is 13.2. The van der Waals surface area contributed by atoms with Gasteiger partial charge >= 0.3 is 0 Å². The van der Waals surface area contributed by atoms with Gasteiger partial charge in [-0.1, -0.05) is 5.16 Å². The third-order valence-corrected chi connectivity index (χ3v) is 6.18. The molecule has 8 nitrogen and oxygen atoms in total. The lowest BCUT2D eigenvalue weighted by Gasteiger charge is -2.20. The molecule has 0 spiro atoms. The number of anilines is 1. The Bertz CT molecular complexity index is 782. The summed E-state index contributed by atoms with van der Waals surface area (Å²) in [7, 11) is 0. The molecular weight excluding hydrogens is 364 g/mol. The molecule has 1 aliphatic heterocycles. The summed E-state index contributed by atoms with van der Waals surface area (Å²) in [6, 6.07) is 0.354. The number of hydrogen-bond acceptors (Lipinski definition) is 8. The van der Waals surface area contributed by atoms with Gasteiger partial charge in [0.05, 0.1) is 6.04 Å². The minimum absolute atomic E-state index is 0.0685. The number of nitrogens with one attached hydrogen (secondary N) is 1. The first-order valence-corrected chi connectivity index (χ1v) is 10.6. The maximum absolute atomic E-state index is 12.1. The maximum Gasteiger partial charge on any atom is 0.292 e. The molecule has 0 bridgehead atoms. The van der Waals surface area contributed by atoms with E-state index in [0.29, 0.717) is 5.89 Å². The number of likely N-dealkylation sites (tertiary alicyclic amines) is 1. The first kappa shape index (κ1) is 18.4. The monoisotopic (exact) mass is 390 g/mol. The van der Waals surface area contributed by atoms with Crippen molar-refractivity contribution in [2.45, 2.75) is 58.2 Å². The van der Waals surface area contributed by atoms with Crippen molar-refractivity contribution in [1.82, 2.24) is 25.3 Å². The van der Waals surface area contributed by atoms with Crippen LogP contribution in [0.15, 0.2) is 10.7 Å². The molecule has 1 saturated heterocycles. The number of amides is 1. The zero-order chi connectivity index (χ0) is 18.8. The van der Waals surface area contributed by atoms with Crippen molar-refractivity contribution < 1.29 is 9.32 Å². The Labute approximate surface area is 162 Å². The summed E-state index contributed by atoms with van der Waals surface area (Å²) in [6.07, 6.45) is 6.09. The summed E-state index contributed by atoms with van der Waals surface area (Å²) in [6.45, 7) is 8.01. The standard InChI is InChI=1S/C18H26N6O2S/c1-3-23(4-2)18-19-10-13(27-18)11-24-9-5-6-14(24)17-21-15(22-26-17)16(25)20-12-7-8-12/h10,12,14H,3-9,11H2,1-2H3,(H,20,25). The Morgan fingerprint density at radius 2 is 2.19 bits per heavy atom. The Kier molecular flexibility index (Phi) is 5.40. The smallest absolute Gasteiger partial charge is 0.292 e. The first-order valence-electron chi connectivity index (χ1n) is 9.76. The molecule has 4 rings (SSSR count). The summed E-state index contributed by atoms with van der Waals surface area (Å²) < 4.78 is 5.43. The van der Waals surface area contributed by atoms with Crippen LogP contribution in [0.2, 0.25) is 0 Å². The highest BCUT2D eigenvalue weighted by Gasteiger charge is 2.33. The number of carbonyl (C=O) groups is 1. The number of thiazole rings is 1. The van der Waals surface area contributed by atoms with Crippen LogP contribution in [0.4, 0.5) is 5.13 Å². The molecule has 1 amide bonds. The Morgan fingerprint density at radius 3 is 2.93 bits per heavy atom. The SMILES string of the molecule is CCN(CC)c1ncc(CN2CCCC2c2nc(C(=O)NC3CC3)no2)s1. The lowest BCUT2D eigenvalue weighted by molar-refractivity contribution is 0.0937. The van der Waals surface area contributed by atoms with Crippen LogP contribution in [0.25, 0.3) is 0 Å². The molecule has 3 heterocycles. The fraction of sp³-hybridized carbons (Fsp3) is 0.667. The van der Waals surface area contributed by atoms with Crippen LogP contribution >= 0.6 is 11.3 Å². The van der Waals surface area contributed by atoms with Crippen LogP contribution in [0.3, 0.4) is 0 Å². The zero-order valence-corrected chi connectivity index (χ0v) is 16.7. The van der Waals surface area contributed by atoms with E-state index >= 15 is 0 Å². The van der Waals surface area contributed by atoms with Crippen LogP contribution in [0.1, 0.15) is 67.0 Å². The molecule has 1 N–H and O–H groups in total. The van der Waals surface area contributed by atoms with Gasteiger partial charge in [-0.25, -0.2) is 4.98 Å². The molecule has 0 aromatic carbocycles. The Hall–Kier alpha value is -2.00. The molecule has 146 valence electrons. The molecule has 2 aromatic heterocycles. The highest BCUT2D eigenvalue weighted by atomic mass is 32.1. The van der Waals surface area contributed by atoms with E-state index in [9.17, 15) is 4.79 Å². The van der Waals surface area contributed by atoms with E-state index in [2.05, 4.69) is 44.1 Å². The third-order valence-electron chi connectivity index (χ3n) is 5.14. The van der Waals surface area contributed by atoms with E-state index in [1.807, 2.05) is 6.20 Å². The van der Waals surface area contributed by atoms with Gasteiger partial charge in [-0.3, -0.25) is 9.69 Å². The van der Waals surface area contributed by atoms with Crippen LogP contribution in [-0.2, 0) is 6.54 Å². The average Bonchev–Trinajstić information content (AvgIpc) is 3.09. The molecule has 0 radical (unpaired) electrons. The summed E-state index contributed by atoms with van der Waals surface area (Å²) in [5.74, 6) is 0.454. The number of rotatable bonds is 8. The van der Waals surface area contributed by atoms with Crippen molar-refractivity contribution in [2.24, 2.45) is 0 Å². The fourth-order valence-corrected chi connectivity index (χ4v) is 4.51. The van der Waals surface area contributed by atoms with Crippen molar-refractivity contribution in [3.05, 3.63) is 22.8 Å². The molecule has 1 aliphatic carbocycles. The summed E-state index contributed by atoms with van der Waals surface area (Å²) in [4.78, 5) is 26.9. The summed E-state index contributed by atoms with van der Waals surface area (Å²) in [5.41, 5.74) is 0. The largest absolute Gasteiger partial charge is 0.349 e. The molecule has 2 aromatic rings. The van der Waals surface area contributed by atoms with Gasteiger partial charge in [0.1, 0.15) is 0 Å². The molecule has 2 fully saturated rings. The lowest BCUT2D eigenvalue weighted by atomic mass is 10.2. The van der Waals surface area contributed by atoms with Crippen molar-refractivity contribution >= 4 is 22.4 Å². The van der Waals surface area contributed by atoms with Gasteiger partial charge < -0.3 is 14.7 Å². The van der Waals surface area contributed by atoms with Crippen molar-refractivity contribution in [3.8, 4) is 0 Å². The van der Waals surface area contributed by atoms with Gasteiger partial charge in [0, 0.05) is 36.8 Å². The van der Waals surface area contributed by atoms with Crippen LogP contribution in [-0.4, -0.2) is 51.6 Å². The molecular formula is C18H26N6O2S. The van der Waals surface area contributed by atoms with Gasteiger partial charge in [0.15, 0.2) is 5.13 Å². The van der Waals surface area contributed by atoms with Gasteiger partial charge in [-0.2, -0.15) is 4.98 Å².